The first kappa shape index (κ1) is 31.4. The van der Waals surface area contributed by atoms with Gasteiger partial charge in [-0.15, -0.1) is 0 Å². The highest BCUT2D eigenvalue weighted by Crippen LogP contribution is 2.29. The Hall–Kier alpha value is -3.66. The molecule has 0 aliphatic rings. The number of pyridine rings is 1. The molecule has 0 fully saturated rings. The van der Waals surface area contributed by atoms with Gasteiger partial charge >= 0.3 is 11.9 Å². The van der Waals surface area contributed by atoms with Gasteiger partial charge in [0.15, 0.2) is 17.2 Å². The SMILES string of the molecule is CCCOCCC(C)OC(=O)C(C)NC(=O)c1nccc(OC)c1OCOC(C)=O.Cc1ccccc1. The number of aromatic nitrogens is 1. The fourth-order valence-electron chi connectivity index (χ4n) is 2.78. The van der Waals surface area contributed by atoms with Crippen molar-refractivity contribution in [3.63, 3.8) is 0 Å². The Balaban J connectivity index is 0.000000836. The molecule has 10 heteroatoms. The molecular formula is C27H38N2O8. The predicted octanol–water partition coefficient (Wildman–Crippen LogP) is 3.85. The summed E-state index contributed by atoms with van der Waals surface area (Å²) >= 11 is 0. The molecule has 2 atom stereocenters. The Kier molecular flexibility index (Phi) is 15.0. The maximum Gasteiger partial charge on any atom is 0.328 e. The zero-order valence-electron chi connectivity index (χ0n) is 22.4. The van der Waals surface area contributed by atoms with Crippen molar-refractivity contribution in [2.75, 3.05) is 27.1 Å². The topological polar surface area (TPSA) is 122 Å². The maximum absolute atomic E-state index is 12.6. The third-order valence-corrected chi connectivity index (χ3v) is 4.74. The van der Waals surface area contributed by atoms with E-state index in [2.05, 4.69) is 29.4 Å². The minimum atomic E-state index is -0.925. The van der Waals surface area contributed by atoms with Gasteiger partial charge < -0.3 is 29.0 Å². The molecule has 0 saturated carbocycles. The summed E-state index contributed by atoms with van der Waals surface area (Å²) in [5, 5.41) is 2.52. The summed E-state index contributed by atoms with van der Waals surface area (Å²) in [5.74, 6) is -1.60. The Morgan fingerprint density at radius 2 is 1.76 bits per heavy atom. The molecule has 0 bridgehead atoms. The van der Waals surface area contributed by atoms with E-state index in [1.54, 1.807) is 6.92 Å². The normalized spacial score (nSPS) is 11.7. The van der Waals surface area contributed by atoms with Gasteiger partial charge in [-0.25, -0.2) is 9.78 Å². The molecule has 2 rings (SSSR count). The van der Waals surface area contributed by atoms with E-state index in [1.807, 2.05) is 25.1 Å². The third-order valence-electron chi connectivity index (χ3n) is 4.74. The number of aryl methyl sites for hydroxylation is 1. The lowest BCUT2D eigenvalue weighted by molar-refractivity contribution is -0.151. The molecule has 1 N–H and O–H groups in total. The molecule has 0 spiro atoms. The van der Waals surface area contributed by atoms with E-state index in [9.17, 15) is 14.4 Å². The molecule has 0 saturated heterocycles. The molecule has 0 aliphatic heterocycles. The van der Waals surface area contributed by atoms with Crippen molar-refractivity contribution in [1.29, 1.82) is 0 Å². The van der Waals surface area contributed by atoms with Gasteiger partial charge in [0, 0.05) is 32.2 Å². The molecular weight excluding hydrogens is 480 g/mol. The van der Waals surface area contributed by atoms with Gasteiger partial charge in [-0.2, -0.15) is 0 Å². The smallest absolute Gasteiger partial charge is 0.328 e. The Morgan fingerprint density at radius 1 is 1.05 bits per heavy atom. The molecule has 10 nitrogen and oxygen atoms in total. The van der Waals surface area contributed by atoms with Crippen LogP contribution in [0.5, 0.6) is 11.5 Å². The summed E-state index contributed by atoms with van der Waals surface area (Å²) in [7, 11) is 1.39. The lowest BCUT2D eigenvalue weighted by Gasteiger charge is -2.18. The number of ether oxygens (including phenoxy) is 5. The molecule has 0 radical (unpaired) electrons. The number of amides is 1. The van der Waals surface area contributed by atoms with E-state index in [4.69, 9.17) is 23.7 Å². The molecule has 2 aromatic rings. The van der Waals surface area contributed by atoms with E-state index in [0.29, 0.717) is 19.6 Å². The third kappa shape index (κ3) is 12.7. The summed E-state index contributed by atoms with van der Waals surface area (Å²) in [4.78, 5) is 39.8. The van der Waals surface area contributed by atoms with Crippen molar-refractivity contribution in [3.8, 4) is 11.5 Å². The number of esters is 2. The molecule has 1 heterocycles. The van der Waals surface area contributed by atoms with E-state index < -0.39 is 30.7 Å². The maximum atomic E-state index is 12.6. The highest BCUT2D eigenvalue weighted by molar-refractivity contribution is 5.98. The van der Waals surface area contributed by atoms with Crippen LogP contribution < -0.4 is 14.8 Å². The molecule has 37 heavy (non-hydrogen) atoms. The highest BCUT2D eigenvalue weighted by Gasteiger charge is 2.24. The number of carbonyl (C=O) groups is 3. The molecule has 204 valence electrons. The van der Waals surface area contributed by atoms with Crippen molar-refractivity contribution in [2.24, 2.45) is 0 Å². The van der Waals surface area contributed by atoms with Crippen LogP contribution in [0.4, 0.5) is 0 Å². The minimum absolute atomic E-state index is 0.0132. The number of rotatable bonds is 13. The van der Waals surface area contributed by atoms with Crippen molar-refractivity contribution in [2.45, 2.75) is 59.6 Å². The lowest BCUT2D eigenvalue weighted by Crippen LogP contribution is -2.41. The van der Waals surface area contributed by atoms with Crippen LogP contribution in [0.25, 0.3) is 0 Å². The summed E-state index contributed by atoms with van der Waals surface area (Å²) in [6.45, 7) is 9.29. The van der Waals surface area contributed by atoms with Crippen LogP contribution in [0.15, 0.2) is 42.6 Å². The average Bonchev–Trinajstić information content (AvgIpc) is 2.87. The standard InChI is InChI=1S/C20H30N2O8.C7H8/c1-6-10-27-11-8-13(2)30-20(25)14(3)22-19(24)17-18(29-12-28-15(4)23)16(26-5)7-9-21-17;1-7-5-3-2-4-6-7/h7,9,13-14H,6,8,10-12H2,1-5H3,(H,22,24);2-6H,1H3. The highest BCUT2D eigenvalue weighted by atomic mass is 16.7. The summed E-state index contributed by atoms with van der Waals surface area (Å²) in [5.41, 5.74) is 1.20. The van der Waals surface area contributed by atoms with Crippen molar-refractivity contribution in [3.05, 3.63) is 53.9 Å². The number of benzene rings is 1. The zero-order chi connectivity index (χ0) is 27.6. The first-order chi connectivity index (χ1) is 17.7. The van der Waals surface area contributed by atoms with Gasteiger partial charge in [-0.3, -0.25) is 9.59 Å². The largest absolute Gasteiger partial charge is 0.493 e. The van der Waals surface area contributed by atoms with Crippen molar-refractivity contribution in [1.82, 2.24) is 10.3 Å². The average molecular weight is 519 g/mol. The molecule has 2 unspecified atom stereocenters. The zero-order valence-corrected chi connectivity index (χ0v) is 22.4. The fourth-order valence-corrected chi connectivity index (χ4v) is 2.78. The molecule has 1 aromatic carbocycles. The lowest BCUT2D eigenvalue weighted by atomic mass is 10.2. The van der Waals surface area contributed by atoms with Crippen LogP contribution >= 0.6 is 0 Å². The second kappa shape index (κ2) is 17.7. The van der Waals surface area contributed by atoms with Gasteiger partial charge in [0.05, 0.1) is 13.7 Å². The Labute approximate surface area is 218 Å². The first-order valence-electron chi connectivity index (χ1n) is 12.1. The van der Waals surface area contributed by atoms with E-state index in [0.717, 1.165) is 6.42 Å². The number of nitrogens with one attached hydrogen (secondary N) is 1. The van der Waals surface area contributed by atoms with Crippen LogP contribution in [0.1, 0.15) is 56.6 Å². The second-order valence-electron chi connectivity index (χ2n) is 8.09. The van der Waals surface area contributed by atoms with Crippen LogP contribution in [0.2, 0.25) is 0 Å². The van der Waals surface area contributed by atoms with Crippen molar-refractivity contribution >= 4 is 17.8 Å². The van der Waals surface area contributed by atoms with Gasteiger partial charge in [0.1, 0.15) is 12.1 Å². The first-order valence-corrected chi connectivity index (χ1v) is 12.1. The number of hydrogen-bond acceptors (Lipinski definition) is 9. The summed E-state index contributed by atoms with van der Waals surface area (Å²) < 4.78 is 25.9. The van der Waals surface area contributed by atoms with Crippen LogP contribution in [-0.2, 0) is 23.8 Å². The number of hydrogen-bond donors (Lipinski definition) is 1. The van der Waals surface area contributed by atoms with Crippen molar-refractivity contribution < 1.29 is 38.1 Å². The van der Waals surface area contributed by atoms with E-state index >= 15 is 0 Å². The monoisotopic (exact) mass is 518 g/mol. The summed E-state index contributed by atoms with van der Waals surface area (Å²) in [6.07, 6.45) is 2.47. The number of carbonyl (C=O) groups excluding carboxylic acids is 3. The van der Waals surface area contributed by atoms with Crippen LogP contribution in [-0.4, -0.2) is 62.1 Å². The predicted molar refractivity (Wildman–Crippen MR) is 137 cm³/mol. The van der Waals surface area contributed by atoms with Gasteiger partial charge in [-0.05, 0) is 27.2 Å². The van der Waals surface area contributed by atoms with Crippen LogP contribution in [0.3, 0.4) is 0 Å². The minimum Gasteiger partial charge on any atom is -0.493 e. The summed E-state index contributed by atoms with van der Waals surface area (Å²) in [6, 6.07) is 10.8. The Morgan fingerprint density at radius 3 is 2.32 bits per heavy atom. The van der Waals surface area contributed by atoms with Crippen LogP contribution in [0, 0.1) is 6.92 Å². The van der Waals surface area contributed by atoms with Gasteiger partial charge in [0.2, 0.25) is 6.79 Å². The Bertz CT molecular complexity index is 968. The van der Waals surface area contributed by atoms with Gasteiger partial charge in [0.25, 0.3) is 5.91 Å². The second-order valence-corrected chi connectivity index (χ2v) is 8.09. The quantitative estimate of drug-likeness (QED) is 0.239. The number of methoxy groups -OCH3 is 1. The fraction of sp³-hybridized carbons (Fsp3) is 0.481. The van der Waals surface area contributed by atoms with E-state index in [-0.39, 0.29) is 23.3 Å². The molecule has 1 aromatic heterocycles. The number of nitrogens with zero attached hydrogens (tertiary/aromatic N) is 1. The molecule has 1 amide bonds. The molecule has 0 aliphatic carbocycles. The van der Waals surface area contributed by atoms with E-state index in [1.165, 1.54) is 38.8 Å². The van der Waals surface area contributed by atoms with Gasteiger partial charge in [-0.1, -0.05) is 42.8 Å².